The molecule has 1 saturated heterocycles. The maximum atomic E-state index is 12.7. The number of aliphatic hydroxyl groups excluding tert-OH is 1. The van der Waals surface area contributed by atoms with Crippen molar-refractivity contribution in [3.8, 4) is 0 Å². The number of halogens is 1. The number of carbonyl (C=O) groups is 1. The van der Waals surface area contributed by atoms with Crippen LogP contribution in [0, 0.1) is 25.7 Å². The van der Waals surface area contributed by atoms with Gasteiger partial charge < -0.3 is 15.7 Å². The molecule has 136 valence electrons. The van der Waals surface area contributed by atoms with Crippen molar-refractivity contribution >= 4 is 18.3 Å². The van der Waals surface area contributed by atoms with Gasteiger partial charge >= 0.3 is 0 Å². The fourth-order valence-electron chi connectivity index (χ4n) is 4.19. The topological polar surface area (TPSA) is 79.2 Å². The molecule has 1 aromatic heterocycles. The predicted octanol–water partition coefficient (Wildman–Crippen LogP) is 1.59. The number of nitrogens with one attached hydrogen (secondary N) is 2. The molecule has 2 fully saturated rings. The van der Waals surface area contributed by atoms with Gasteiger partial charge in [0.1, 0.15) is 0 Å². The van der Waals surface area contributed by atoms with Crippen LogP contribution in [-0.4, -0.2) is 46.0 Å². The van der Waals surface area contributed by atoms with Gasteiger partial charge in [0.15, 0.2) is 0 Å². The first-order valence-corrected chi connectivity index (χ1v) is 8.63. The lowest BCUT2D eigenvalue weighted by Gasteiger charge is -2.35. The van der Waals surface area contributed by atoms with Gasteiger partial charge in [-0.05, 0) is 65.5 Å². The molecule has 7 heteroatoms. The first-order chi connectivity index (χ1) is 10.9. The molecule has 1 aliphatic heterocycles. The monoisotopic (exact) mass is 356 g/mol. The number of carbonyl (C=O) groups excluding carboxylic acids is 1. The highest BCUT2D eigenvalue weighted by atomic mass is 35.5. The molecular weight excluding hydrogens is 328 g/mol. The summed E-state index contributed by atoms with van der Waals surface area (Å²) in [6, 6.07) is 0.0608. The Labute approximate surface area is 149 Å². The summed E-state index contributed by atoms with van der Waals surface area (Å²) < 4.78 is 1.89. The summed E-state index contributed by atoms with van der Waals surface area (Å²) in [7, 11) is 0. The Hall–Kier alpha value is -1.11. The summed E-state index contributed by atoms with van der Waals surface area (Å²) in [5.41, 5.74) is 2.29. The van der Waals surface area contributed by atoms with Gasteiger partial charge in [0.2, 0.25) is 0 Å². The van der Waals surface area contributed by atoms with Crippen LogP contribution in [0.25, 0.3) is 0 Å². The summed E-state index contributed by atoms with van der Waals surface area (Å²) >= 11 is 0. The number of hydrogen-bond donors (Lipinski definition) is 3. The van der Waals surface area contributed by atoms with Crippen molar-refractivity contribution < 1.29 is 9.90 Å². The van der Waals surface area contributed by atoms with Gasteiger partial charge in [0.05, 0.1) is 23.4 Å². The standard InChI is InChI=1S/C17H28N4O2.ClH/c1-9(2)21-11(4)16(10(3)20-21)17(23)19-14-5-12-7-18-8-13(12)6-15(14)22;/h9,12-15,18,22H,5-8H2,1-4H3,(H,19,23);1H/t12-,13+,14-,15-;/m0./s1. The highest BCUT2D eigenvalue weighted by molar-refractivity contribution is 5.96. The van der Waals surface area contributed by atoms with Gasteiger partial charge in [-0.3, -0.25) is 9.48 Å². The van der Waals surface area contributed by atoms with E-state index >= 15 is 0 Å². The van der Waals surface area contributed by atoms with Crippen LogP contribution in [0.1, 0.15) is 54.5 Å². The number of rotatable bonds is 3. The van der Waals surface area contributed by atoms with Crippen LogP contribution in [0.5, 0.6) is 0 Å². The number of fused-ring (bicyclic) bond motifs is 1. The number of aliphatic hydroxyl groups is 1. The van der Waals surface area contributed by atoms with Crippen molar-refractivity contribution in [2.75, 3.05) is 13.1 Å². The van der Waals surface area contributed by atoms with E-state index in [1.54, 1.807) is 0 Å². The zero-order valence-corrected chi connectivity index (χ0v) is 15.7. The highest BCUT2D eigenvalue weighted by Gasteiger charge is 2.39. The SMILES string of the molecule is Cc1nn(C(C)C)c(C)c1C(=O)N[C@H]1C[C@H]2CNC[C@H]2C[C@@H]1O.Cl. The molecule has 0 unspecified atom stereocenters. The second-order valence-corrected chi connectivity index (χ2v) is 7.38. The Morgan fingerprint density at radius 3 is 2.50 bits per heavy atom. The molecule has 1 amide bonds. The van der Waals surface area contributed by atoms with Crippen LogP contribution >= 0.6 is 12.4 Å². The summed E-state index contributed by atoms with van der Waals surface area (Å²) in [5.74, 6) is 0.995. The van der Waals surface area contributed by atoms with Gasteiger partial charge in [-0.15, -0.1) is 12.4 Å². The van der Waals surface area contributed by atoms with E-state index < -0.39 is 6.10 Å². The maximum absolute atomic E-state index is 12.7. The van der Waals surface area contributed by atoms with Crippen molar-refractivity contribution in [3.05, 3.63) is 17.0 Å². The molecule has 0 bridgehead atoms. The van der Waals surface area contributed by atoms with E-state index in [1.807, 2.05) is 18.5 Å². The molecule has 2 aliphatic rings. The molecule has 1 aromatic rings. The average molecular weight is 357 g/mol. The number of amides is 1. The fourth-order valence-corrected chi connectivity index (χ4v) is 4.19. The number of nitrogens with zero attached hydrogens (tertiary/aromatic N) is 2. The summed E-state index contributed by atoms with van der Waals surface area (Å²) in [6.07, 6.45) is 1.16. The lowest BCUT2D eigenvalue weighted by Crippen LogP contribution is -2.49. The normalized spacial score (nSPS) is 29.2. The fraction of sp³-hybridized carbons (Fsp3) is 0.765. The lowest BCUT2D eigenvalue weighted by molar-refractivity contribution is 0.0461. The second-order valence-electron chi connectivity index (χ2n) is 7.38. The third-order valence-electron chi connectivity index (χ3n) is 5.40. The van der Waals surface area contributed by atoms with E-state index in [4.69, 9.17) is 0 Å². The molecule has 0 aromatic carbocycles. The molecule has 24 heavy (non-hydrogen) atoms. The zero-order valence-electron chi connectivity index (χ0n) is 14.9. The van der Waals surface area contributed by atoms with Gasteiger partial charge in [-0.1, -0.05) is 0 Å². The van der Waals surface area contributed by atoms with E-state index in [0.29, 0.717) is 17.4 Å². The Bertz CT molecular complexity index is 602. The minimum absolute atomic E-state index is 0. The Morgan fingerprint density at radius 2 is 1.92 bits per heavy atom. The van der Waals surface area contributed by atoms with Crippen molar-refractivity contribution in [2.24, 2.45) is 11.8 Å². The first-order valence-electron chi connectivity index (χ1n) is 8.63. The van der Waals surface area contributed by atoms with Crippen LogP contribution in [0.2, 0.25) is 0 Å². The van der Waals surface area contributed by atoms with Crippen molar-refractivity contribution in [3.63, 3.8) is 0 Å². The molecular formula is C17H29ClN4O2. The van der Waals surface area contributed by atoms with Gasteiger partial charge in [0.25, 0.3) is 5.91 Å². The van der Waals surface area contributed by atoms with Gasteiger partial charge in [0, 0.05) is 11.7 Å². The minimum atomic E-state index is -0.458. The summed E-state index contributed by atoms with van der Waals surface area (Å²) in [5, 5.41) is 21.3. The van der Waals surface area contributed by atoms with Crippen LogP contribution in [0.3, 0.4) is 0 Å². The molecule has 0 radical (unpaired) electrons. The van der Waals surface area contributed by atoms with E-state index in [1.165, 1.54) is 0 Å². The second kappa shape index (κ2) is 7.42. The van der Waals surface area contributed by atoms with Crippen LogP contribution in [0.4, 0.5) is 0 Å². The van der Waals surface area contributed by atoms with E-state index in [9.17, 15) is 9.90 Å². The van der Waals surface area contributed by atoms with Crippen LogP contribution in [0.15, 0.2) is 0 Å². The molecule has 1 saturated carbocycles. The number of aryl methyl sites for hydroxylation is 1. The molecule has 2 heterocycles. The Kier molecular flexibility index (Phi) is 5.94. The molecule has 0 spiro atoms. The third-order valence-corrected chi connectivity index (χ3v) is 5.40. The van der Waals surface area contributed by atoms with Crippen molar-refractivity contribution in [1.29, 1.82) is 0 Å². The quantitative estimate of drug-likeness (QED) is 0.768. The largest absolute Gasteiger partial charge is 0.391 e. The van der Waals surface area contributed by atoms with Crippen molar-refractivity contribution in [1.82, 2.24) is 20.4 Å². The first kappa shape index (κ1) is 19.2. The zero-order chi connectivity index (χ0) is 16.7. The predicted molar refractivity (Wildman–Crippen MR) is 95.7 cm³/mol. The van der Waals surface area contributed by atoms with Crippen LogP contribution in [-0.2, 0) is 0 Å². The maximum Gasteiger partial charge on any atom is 0.255 e. The molecule has 6 nitrogen and oxygen atoms in total. The molecule has 4 atom stereocenters. The smallest absolute Gasteiger partial charge is 0.255 e. The Balaban J connectivity index is 0.00000208. The molecule has 3 N–H and O–H groups in total. The minimum Gasteiger partial charge on any atom is -0.391 e. The molecule has 3 rings (SSSR count). The van der Waals surface area contributed by atoms with Crippen molar-refractivity contribution in [2.45, 2.75) is 58.7 Å². The Morgan fingerprint density at radius 1 is 1.29 bits per heavy atom. The molecule has 1 aliphatic carbocycles. The number of hydrogen-bond acceptors (Lipinski definition) is 4. The van der Waals surface area contributed by atoms with E-state index in [0.717, 1.165) is 37.3 Å². The lowest BCUT2D eigenvalue weighted by atomic mass is 9.77. The summed E-state index contributed by atoms with van der Waals surface area (Å²) in [4.78, 5) is 12.7. The highest BCUT2D eigenvalue weighted by Crippen LogP contribution is 2.33. The average Bonchev–Trinajstić information content (AvgIpc) is 3.03. The number of aromatic nitrogens is 2. The van der Waals surface area contributed by atoms with E-state index in [-0.39, 0.29) is 30.4 Å². The van der Waals surface area contributed by atoms with E-state index in [2.05, 4.69) is 29.6 Å². The van der Waals surface area contributed by atoms with Crippen LogP contribution < -0.4 is 10.6 Å². The third kappa shape index (κ3) is 3.46. The summed E-state index contributed by atoms with van der Waals surface area (Å²) in [6.45, 7) is 9.89. The van der Waals surface area contributed by atoms with Gasteiger partial charge in [-0.25, -0.2) is 0 Å². The van der Waals surface area contributed by atoms with Gasteiger partial charge in [-0.2, -0.15) is 5.10 Å².